The van der Waals surface area contributed by atoms with E-state index in [0.29, 0.717) is 5.56 Å². The third kappa shape index (κ3) is 3.29. The molecule has 20 heavy (non-hydrogen) atoms. The second-order valence-electron chi connectivity index (χ2n) is 4.43. The number of hydrogen-bond acceptors (Lipinski definition) is 2. The standard InChI is InChI=1S/C16H14FNO2/c1-11-5-2-3-8-14(11)16(20)18-10-15(19)12-6-4-7-13(17)9-12/h2-9H,10H2,1H3,(H,18,20). The summed E-state index contributed by atoms with van der Waals surface area (Å²) in [5.74, 6) is -1.11. The zero-order valence-corrected chi connectivity index (χ0v) is 11.0. The number of carbonyl (C=O) groups excluding carboxylic acids is 2. The van der Waals surface area contributed by atoms with Gasteiger partial charge in [0.2, 0.25) is 0 Å². The van der Waals surface area contributed by atoms with E-state index in [2.05, 4.69) is 5.32 Å². The highest BCUT2D eigenvalue weighted by Gasteiger charge is 2.11. The maximum Gasteiger partial charge on any atom is 0.251 e. The van der Waals surface area contributed by atoms with Crippen molar-refractivity contribution in [1.29, 1.82) is 0 Å². The molecule has 2 aromatic rings. The molecule has 0 heterocycles. The van der Waals surface area contributed by atoms with Crippen LogP contribution in [0.4, 0.5) is 4.39 Å². The summed E-state index contributed by atoms with van der Waals surface area (Å²) >= 11 is 0. The molecule has 0 radical (unpaired) electrons. The van der Waals surface area contributed by atoms with E-state index in [1.165, 1.54) is 18.2 Å². The minimum Gasteiger partial charge on any atom is -0.345 e. The Kier molecular flexibility index (Phi) is 4.25. The van der Waals surface area contributed by atoms with Gasteiger partial charge in [0.1, 0.15) is 5.82 Å². The van der Waals surface area contributed by atoms with Crippen molar-refractivity contribution in [1.82, 2.24) is 5.32 Å². The lowest BCUT2D eigenvalue weighted by Crippen LogP contribution is -2.30. The number of Topliss-reactive ketones (excluding diaryl/α,β-unsaturated/α-hetero) is 1. The summed E-state index contributed by atoms with van der Waals surface area (Å²) in [6.07, 6.45) is 0. The van der Waals surface area contributed by atoms with Crippen LogP contribution in [0.2, 0.25) is 0 Å². The predicted molar refractivity (Wildman–Crippen MR) is 74.2 cm³/mol. The molecule has 0 aliphatic heterocycles. The average Bonchev–Trinajstić information content (AvgIpc) is 2.45. The van der Waals surface area contributed by atoms with Crippen LogP contribution < -0.4 is 5.32 Å². The van der Waals surface area contributed by atoms with Gasteiger partial charge >= 0.3 is 0 Å². The van der Waals surface area contributed by atoms with Gasteiger partial charge in [0.25, 0.3) is 5.91 Å². The van der Waals surface area contributed by atoms with Gasteiger partial charge in [-0.05, 0) is 30.7 Å². The number of amides is 1. The molecule has 0 unspecified atom stereocenters. The summed E-state index contributed by atoms with van der Waals surface area (Å²) in [6, 6.07) is 12.5. The molecule has 0 spiro atoms. The van der Waals surface area contributed by atoms with Gasteiger partial charge in [-0.3, -0.25) is 9.59 Å². The van der Waals surface area contributed by atoms with Crippen molar-refractivity contribution in [3.8, 4) is 0 Å². The molecule has 2 aromatic carbocycles. The summed E-state index contributed by atoms with van der Waals surface area (Å²) in [5.41, 5.74) is 1.61. The molecule has 0 bridgehead atoms. The molecule has 3 nitrogen and oxygen atoms in total. The Labute approximate surface area is 116 Å². The zero-order valence-electron chi connectivity index (χ0n) is 11.0. The van der Waals surface area contributed by atoms with Crippen molar-refractivity contribution in [3.63, 3.8) is 0 Å². The summed E-state index contributed by atoms with van der Waals surface area (Å²) in [7, 11) is 0. The topological polar surface area (TPSA) is 46.2 Å². The second-order valence-corrected chi connectivity index (χ2v) is 4.43. The zero-order chi connectivity index (χ0) is 14.5. The molecule has 0 aromatic heterocycles. The number of rotatable bonds is 4. The fourth-order valence-corrected chi connectivity index (χ4v) is 1.85. The quantitative estimate of drug-likeness (QED) is 0.869. The highest BCUT2D eigenvalue weighted by atomic mass is 19.1. The van der Waals surface area contributed by atoms with E-state index in [-0.39, 0.29) is 23.8 Å². The molecule has 0 fully saturated rings. The van der Waals surface area contributed by atoms with Gasteiger partial charge in [-0.2, -0.15) is 0 Å². The van der Waals surface area contributed by atoms with Gasteiger partial charge in [-0.15, -0.1) is 0 Å². The molecule has 0 atom stereocenters. The Morgan fingerprint density at radius 1 is 1.10 bits per heavy atom. The van der Waals surface area contributed by atoms with Crippen LogP contribution in [0.25, 0.3) is 0 Å². The molecule has 1 N–H and O–H groups in total. The second kappa shape index (κ2) is 6.10. The first kappa shape index (κ1) is 13.9. The number of benzene rings is 2. The lowest BCUT2D eigenvalue weighted by atomic mass is 10.1. The first-order valence-corrected chi connectivity index (χ1v) is 6.20. The molecule has 0 saturated carbocycles. The average molecular weight is 271 g/mol. The SMILES string of the molecule is Cc1ccccc1C(=O)NCC(=O)c1cccc(F)c1. The predicted octanol–water partition coefficient (Wildman–Crippen LogP) is 2.75. The Hall–Kier alpha value is -2.49. The number of carbonyl (C=O) groups is 2. The molecular weight excluding hydrogens is 257 g/mol. The Morgan fingerprint density at radius 2 is 1.85 bits per heavy atom. The van der Waals surface area contributed by atoms with Gasteiger partial charge in [0, 0.05) is 11.1 Å². The number of nitrogens with one attached hydrogen (secondary N) is 1. The Bertz CT molecular complexity index is 652. The fourth-order valence-electron chi connectivity index (χ4n) is 1.85. The van der Waals surface area contributed by atoms with Crippen LogP contribution in [0.1, 0.15) is 26.3 Å². The Balaban J connectivity index is 2.01. The molecule has 2 rings (SSSR count). The van der Waals surface area contributed by atoms with Crippen molar-refractivity contribution in [2.75, 3.05) is 6.54 Å². The molecule has 0 saturated heterocycles. The number of ketones is 1. The number of halogens is 1. The first-order valence-electron chi connectivity index (χ1n) is 6.20. The van der Waals surface area contributed by atoms with Crippen LogP contribution in [0.5, 0.6) is 0 Å². The van der Waals surface area contributed by atoms with Crippen LogP contribution in [-0.2, 0) is 0 Å². The van der Waals surface area contributed by atoms with Gasteiger partial charge in [0.05, 0.1) is 6.54 Å². The summed E-state index contributed by atoms with van der Waals surface area (Å²) in [4.78, 5) is 23.8. The van der Waals surface area contributed by atoms with Crippen LogP contribution in [0.15, 0.2) is 48.5 Å². The van der Waals surface area contributed by atoms with Crippen molar-refractivity contribution in [2.45, 2.75) is 6.92 Å². The summed E-state index contributed by atoms with van der Waals surface area (Å²) in [6.45, 7) is 1.67. The van der Waals surface area contributed by atoms with Crippen molar-refractivity contribution in [2.24, 2.45) is 0 Å². The van der Waals surface area contributed by atoms with E-state index >= 15 is 0 Å². The fraction of sp³-hybridized carbons (Fsp3) is 0.125. The monoisotopic (exact) mass is 271 g/mol. The third-order valence-corrected chi connectivity index (χ3v) is 2.95. The van der Waals surface area contributed by atoms with E-state index < -0.39 is 5.82 Å². The largest absolute Gasteiger partial charge is 0.345 e. The molecule has 4 heteroatoms. The molecule has 0 aliphatic rings. The minimum atomic E-state index is -0.471. The van der Waals surface area contributed by atoms with E-state index in [4.69, 9.17) is 0 Å². The van der Waals surface area contributed by atoms with E-state index in [0.717, 1.165) is 11.6 Å². The smallest absolute Gasteiger partial charge is 0.251 e. The minimum absolute atomic E-state index is 0.156. The van der Waals surface area contributed by atoms with Gasteiger partial charge in [-0.1, -0.05) is 30.3 Å². The highest BCUT2D eigenvalue weighted by Crippen LogP contribution is 2.07. The summed E-state index contributed by atoms with van der Waals surface area (Å²) < 4.78 is 13.0. The van der Waals surface area contributed by atoms with Crippen LogP contribution in [0.3, 0.4) is 0 Å². The van der Waals surface area contributed by atoms with Gasteiger partial charge in [-0.25, -0.2) is 4.39 Å². The maximum absolute atomic E-state index is 13.0. The highest BCUT2D eigenvalue weighted by molar-refractivity contribution is 6.02. The third-order valence-electron chi connectivity index (χ3n) is 2.95. The van der Waals surface area contributed by atoms with Crippen molar-refractivity contribution in [3.05, 3.63) is 71.0 Å². The maximum atomic E-state index is 13.0. The van der Waals surface area contributed by atoms with Crippen molar-refractivity contribution >= 4 is 11.7 Å². The van der Waals surface area contributed by atoms with Crippen LogP contribution in [-0.4, -0.2) is 18.2 Å². The molecule has 102 valence electrons. The molecule has 1 amide bonds. The van der Waals surface area contributed by atoms with Crippen molar-refractivity contribution < 1.29 is 14.0 Å². The van der Waals surface area contributed by atoms with Crippen LogP contribution in [0, 0.1) is 12.7 Å². The normalized spacial score (nSPS) is 10.1. The van der Waals surface area contributed by atoms with E-state index in [9.17, 15) is 14.0 Å². The van der Waals surface area contributed by atoms with Gasteiger partial charge < -0.3 is 5.32 Å². The summed E-state index contributed by atoms with van der Waals surface area (Å²) in [5, 5.41) is 2.55. The Morgan fingerprint density at radius 3 is 2.55 bits per heavy atom. The lowest BCUT2D eigenvalue weighted by molar-refractivity contribution is 0.0903. The molecular formula is C16H14FNO2. The van der Waals surface area contributed by atoms with E-state index in [1.54, 1.807) is 12.1 Å². The van der Waals surface area contributed by atoms with E-state index in [1.807, 2.05) is 19.1 Å². The number of hydrogen-bond donors (Lipinski definition) is 1. The molecule has 0 aliphatic carbocycles. The van der Waals surface area contributed by atoms with Gasteiger partial charge in [0.15, 0.2) is 5.78 Å². The lowest BCUT2D eigenvalue weighted by Gasteiger charge is -2.07. The number of aryl methyl sites for hydroxylation is 1. The van der Waals surface area contributed by atoms with Crippen LogP contribution >= 0.6 is 0 Å². The first-order chi connectivity index (χ1) is 9.58.